The molecule has 0 unspecified atom stereocenters. The molecule has 9 heteroatoms. The van der Waals surface area contributed by atoms with E-state index in [-0.39, 0.29) is 17.6 Å². The average Bonchev–Trinajstić information content (AvgIpc) is 2.83. The quantitative estimate of drug-likeness (QED) is 0.535. The minimum absolute atomic E-state index is 0.0562. The standard InChI is InChI=1S/C24H30N6O3/c1-17-5-7-18(8-6-17)16-30-21-20(4-3-11-25-21)28-22(23(30)31)29-13-9-19(10-14-29)27-24(32)26-12-15-33-2/h3-8,11,19H,9-10,12-16H2,1-2H3,(H2,26,27,32). The molecular formula is C24H30N6O3. The number of urea groups is 1. The molecule has 1 saturated heterocycles. The summed E-state index contributed by atoms with van der Waals surface area (Å²) >= 11 is 0. The van der Waals surface area contributed by atoms with Gasteiger partial charge in [-0.2, -0.15) is 0 Å². The van der Waals surface area contributed by atoms with Crippen molar-refractivity contribution in [3.05, 3.63) is 64.1 Å². The molecule has 2 aromatic heterocycles. The van der Waals surface area contributed by atoms with Crippen LogP contribution in [0.4, 0.5) is 10.6 Å². The van der Waals surface area contributed by atoms with Crippen molar-refractivity contribution in [3.8, 4) is 0 Å². The van der Waals surface area contributed by atoms with Gasteiger partial charge in [-0.25, -0.2) is 14.8 Å². The topological polar surface area (TPSA) is 101 Å². The number of ether oxygens (including phenoxy) is 1. The van der Waals surface area contributed by atoms with Crippen molar-refractivity contribution in [2.24, 2.45) is 0 Å². The van der Waals surface area contributed by atoms with Crippen LogP contribution in [-0.4, -0.2) is 60.0 Å². The molecule has 1 aromatic carbocycles. The molecule has 0 radical (unpaired) electrons. The Bertz CT molecular complexity index is 1150. The number of carbonyl (C=O) groups excluding carboxylic acids is 1. The van der Waals surface area contributed by atoms with E-state index in [0.29, 0.717) is 49.8 Å². The molecule has 2 N–H and O–H groups in total. The molecule has 0 spiro atoms. The van der Waals surface area contributed by atoms with E-state index in [1.807, 2.05) is 48.2 Å². The van der Waals surface area contributed by atoms with Crippen LogP contribution in [0.3, 0.4) is 0 Å². The SMILES string of the molecule is COCCNC(=O)NC1CCN(c2nc3cccnc3n(Cc3ccc(C)cc3)c2=O)CC1. The zero-order valence-corrected chi connectivity index (χ0v) is 19.1. The van der Waals surface area contributed by atoms with Gasteiger partial charge in [0.15, 0.2) is 11.5 Å². The number of fused-ring (bicyclic) bond motifs is 1. The summed E-state index contributed by atoms with van der Waals surface area (Å²) in [5.41, 5.74) is 3.33. The fourth-order valence-electron chi connectivity index (χ4n) is 4.03. The van der Waals surface area contributed by atoms with Gasteiger partial charge in [0, 0.05) is 39.0 Å². The number of rotatable bonds is 7. The van der Waals surface area contributed by atoms with E-state index in [1.165, 1.54) is 5.56 Å². The zero-order valence-electron chi connectivity index (χ0n) is 19.1. The molecule has 9 nitrogen and oxygen atoms in total. The molecular weight excluding hydrogens is 420 g/mol. The molecule has 0 aliphatic carbocycles. The van der Waals surface area contributed by atoms with Crippen LogP contribution >= 0.6 is 0 Å². The van der Waals surface area contributed by atoms with E-state index in [9.17, 15) is 9.59 Å². The van der Waals surface area contributed by atoms with Crippen LogP contribution in [0.1, 0.15) is 24.0 Å². The normalized spacial score (nSPS) is 14.4. The molecule has 174 valence electrons. The second-order valence-electron chi connectivity index (χ2n) is 8.31. The summed E-state index contributed by atoms with van der Waals surface area (Å²) < 4.78 is 6.65. The highest BCUT2D eigenvalue weighted by atomic mass is 16.5. The molecule has 0 saturated carbocycles. The number of anilines is 1. The van der Waals surface area contributed by atoms with Gasteiger partial charge >= 0.3 is 6.03 Å². The van der Waals surface area contributed by atoms with Gasteiger partial charge in [-0.05, 0) is 37.5 Å². The number of pyridine rings is 1. The Morgan fingerprint density at radius 3 is 2.67 bits per heavy atom. The van der Waals surface area contributed by atoms with E-state index in [1.54, 1.807) is 17.9 Å². The summed E-state index contributed by atoms with van der Waals surface area (Å²) in [7, 11) is 1.60. The van der Waals surface area contributed by atoms with Crippen molar-refractivity contribution < 1.29 is 9.53 Å². The predicted molar refractivity (Wildman–Crippen MR) is 128 cm³/mol. The Hall–Kier alpha value is -3.46. The second-order valence-corrected chi connectivity index (χ2v) is 8.31. The number of benzene rings is 1. The average molecular weight is 451 g/mol. The Kier molecular flexibility index (Phi) is 7.19. The number of aromatic nitrogens is 3. The van der Waals surface area contributed by atoms with Crippen molar-refractivity contribution in [1.29, 1.82) is 0 Å². The van der Waals surface area contributed by atoms with Gasteiger partial charge in [0.25, 0.3) is 5.56 Å². The van der Waals surface area contributed by atoms with Crippen LogP contribution in [0.15, 0.2) is 47.4 Å². The summed E-state index contributed by atoms with van der Waals surface area (Å²) in [6.45, 7) is 4.70. The van der Waals surface area contributed by atoms with Crippen LogP contribution in [0.25, 0.3) is 11.2 Å². The molecule has 2 amide bonds. The predicted octanol–water partition coefficient (Wildman–Crippen LogP) is 2.06. The molecule has 1 aliphatic heterocycles. The lowest BCUT2D eigenvalue weighted by Crippen LogP contribution is -2.49. The van der Waals surface area contributed by atoms with Crippen molar-refractivity contribution in [2.45, 2.75) is 32.4 Å². The molecule has 33 heavy (non-hydrogen) atoms. The highest BCUT2D eigenvalue weighted by Crippen LogP contribution is 2.18. The summed E-state index contributed by atoms with van der Waals surface area (Å²) in [5, 5.41) is 5.77. The number of aryl methyl sites for hydroxylation is 1. The molecule has 1 fully saturated rings. The molecule has 3 heterocycles. The third-order valence-electron chi connectivity index (χ3n) is 5.87. The summed E-state index contributed by atoms with van der Waals surface area (Å²) in [6, 6.07) is 11.7. The lowest BCUT2D eigenvalue weighted by atomic mass is 10.1. The van der Waals surface area contributed by atoms with Crippen LogP contribution < -0.4 is 21.1 Å². The number of nitrogens with zero attached hydrogens (tertiary/aromatic N) is 4. The molecule has 0 bridgehead atoms. The number of methoxy groups -OCH3 is 1. The van der Waals surface area contributed by atoms with Crippen molar-refractivity contribution in [3.63, 3.8) is 0 Å². The van der Waals surface area contributed by atoms with E-state index in [4.69, 9.17) is 4.74 Å². The fraction of sp³-hybridized carbons (Fsp3) is 0.417. The van der Waals surface area contributed by atoms with Gasteiger partial charge < -0.3 is 20.3 Å². The van der Waals surface area contributed by atoms with E-state index >= 15 is 0 Å². The smallest absolute Gasteiger partial charge is 0.315 e. The van der Waals surface area contributed by atoms with Gasteiger partial charge in [0.1, 0.15) is 5.52 Å². The molecule has 1 aliphatic rings. The largest absolute Gasteiger partial charge is 0.383 e. The van der Waals surface area contributed by atoms with E-state index in [0.717, 1.165) is 18.4 Å². The lowest BCUT2D eigenvalue weighted by molar-refractivity contribution is 0.194. The maximum absolute atomic E-state index is 13.5. The van der Waals surface area contributed by atoms with Crippen LogP contribution in [-0.2, 0) is 11.3 Å². The Balaban J connectivity index is 1.51. The first-order valence-corrected chi connectivity index (χ1v) is 11.2. The van der Waals surface area contributed by atoms with Crippen LogP contribution in [0.5, 0.6) is 0 Å². The van der Waals surface area contributed by atoms with Crippen molar-refractivity contribution in [1.82, 2.24) is 25.2 Å². The highest BCUT2D eigenvalue weighted by Gasteiger charge is 2.25. The zero-order chi connectivity index (χ0) is 23.2. The van der Waals surface area contributed by atoms with Gasteiger partial charge in [-0.3, -0.25) is 9.36 Å². The van der Waals surface area contributed by atoms with Gasteiger partial charge in [-0.1, -0.05) is 29.8 Å². The fourth-order valence-corrected chi connectivity index (χ4v) is 4.03. The first-order chi connectivity index (χ1) is 16.0. The van der Waals surface area contributed by atoms with Crippen molar-refractivity contribution >= 4 is 23.0 Å². The first-order valence-electron chi connectivity index (χ1n) is 11.2. The van der Waals surface area contributed by atoms with Crippen molar-refractivity contribution in [2.75, 3.05) is 38.3 Å². The van der Waals surface area contributed by atoms with Gasteiger partial charge in [-0.15, -0.1) is 0 Å². The highest BCUT2D eigenvalue weighted by molar-refractivity contribution is 5.74. The maximum atomic E-state index is 13.5. The number of hydrogen-bond donors (Lipinski definition) is 2. The summed E-state index contributed by atoms with van der Waals surface area (Å²) in [6.07, 6.45) is 3.16. The number of hydrogen-bond acceptors (Lipinski definition) is 6. The van der Waals surface area contributed by atoms with Gasteiger partial charge in [0.05, 0.1) is 13.2 Å². The molecule has 3 aromatic rings. The number of amides is 2. The van der Waals surface area contributed by atoms with Crippen LogP contribution in [0, 0.1) is 6.92 Å². The third kappa shape index (κ3) is 5.48. The molecule has 4 rings (SSSR count). The third-order valence-corrected chi connectivity index (χ3v) is 5.87. The Morgan fingerprint density at radius 1 is 1.18 bits per heavy atom. The summed E-state index contributed by atoms with van der Waals surface area (Å²) in [4.78, 5) is 36.6. The lowest BCUT2D eigenvalue weighted by Gasteiger charge is -2.33. The Morgan fingerprint density at radius 2 is 1.94 bits per heavy atom. The monoisotopic (exact) mass is 450 g/mol. The van der Waals surface area contributed by atoms with Crippen LogP contribution in [0.2, 0.25) is 0 Å². The number of piperidine rings is 1. The minimum atomic E-state index is -0.194. The second kappa shape index (κ2) is 10.4. The minimum Gasteiger partial charge on any atom is -0.383 e. The van der Waals surface area contributed by atoms with E-state index in [2.05, 4.69) is 20.6 Å². The number of nitrogens with one attached hydrogen (secondary N) is 2. The summed E-state index contributed by atoms with van der Waals surface area (Å²) in [5.74, 6) is 0.436. The van der Waals surface area contributed by atoms with Gasteiger partial charge in [0.2, 0.25) is 0 Å². The molecule has 0 atom stereocenters. The maximum Gasteiger partial charge on any atom is 0.315 e. The Labute approximate surface area is 192 Å². The number of carbonyl (C=O) groups is 1. The van der Waals surface area contributed by atoms with E-state index < -0.39 is 0 Å². The first kappa shape index (κ1) is 22.7.